The summed E-state index contributed by atoms with van der Waals surface area (Å²) in [5.41, 5.74) is 1.27. The molecule has 3 aromatic carbocycles. The summed E-state index contributed by atoms with van der Waals surface area (Å²) in [5.74, 6) is -2.39. The van der Waals surface area contributed by atoms with Crippen molar-refractivity contribution in [3.8, 4) is 0 Å². The molecule has 0 saturated carbocycles. The zero-order chi connectivity index (χ0) is 20.5. The molecule has 1 fully saturated rings. The van der Waals surface area contributed by atoms with E-state index in [0.717, 1.165) is 0 Å². The minimum absolute atomic E-state index is 0.0483. The molecular weight excluding hydrogens is 393 g/mol. The van der Waals surface area contributed by atoms with Crippen LogP contribution in [0.2, 0.25) is 5.02 Å². The number of halogens is 2. The van der Waals surface area contributed by atoms with Crippen molar-refractivity contribution in [2.75, 3.05) is 4.90 Å². The normalized spacial score (nSPS) is 18.3. The fourth-order valence-electron chi connectivity index (χ4n) is 3.44. The van der Waals surface area contributed by atoms with E-state index in [-0.39, 0.29) is 11.3 Å². The van der Waals surface area contributed by atoms with Gasteiger partial charge in [-0.15, -0.1) is 0 Å². The van der Waals surface area contributed by atoms with Gasteiger partial charge in [0.25, 0.3) is 11.7 Å². The highest BCUT2D eigenvalue weighted by Crippen LogP contribution is 2.42. The largest absolute Gasteiger partial charge is 0.507 e. The predicted molar refractivity (Wildman–Crippen MR) is 109 cm³/mol. The highest BCUT2D eigenvalue weighted by Gasteiger charge is 2.46. The number of aliphatic hydroxyl groups excluding tert-OH is 1. The van der Waals surface area contributed by atoms with E-state index >= 15 is 0 Å². The van der Waals surface area contributed by atoms with Crippen LogP contribution in [0.15, 0.2) is 84.4 Å². The number of Topliss-reactive ketones (excluding diaryl/α,β-unsaturated/α-hetero) is 1. The van der Waals surface area contributed by atoms with Gasteiger partial charge in [0.1, 0.15) is 11.6 Å². The highest BCUT2D eigenvalue weighted by atomic mass is 35.5. The molecule has 29 heavy (non-hydrogen) atoms. The number of amides is 1. The predicted octanol–water partition coefficient (Wildman–Crippen LogP) is 5.11. The van der Waals surface area contributed by atoms with Crippen LogP contribution in [0, 0.1) is 5.82 Å². The Kier molecular flexibility index (Phi) is 4.91. The van der Waals surface area contributed by atoms with Crippen LogP contribution in [0.25, 0.3) is 5.76 Å². The Hall–Kier alpha value is -3.44. The number of carbonyl (C=O) groups excluding carboxylic acids is 2. The van der Waals surface area contributed by atoms with Gasteiger partial charge in [-0.25, -0.2) is 4.39 Å². The zero-order valence-electron chi connectivity index (χ0n) is 15.0. The topological polar surface area (TPSA) is 57.6 Å². The fraction of sp³-hybridized carbons (Fsp3) is 0.0435. The van der Waals surface area contributed by atoms with Crippen LogP contribution in [0.5, 0.6) is 0 Å². The second kappa shape index (κ2) is 7.53. The van der Waals surface area contributed by atoms with Gasteiger partial charge in [0, 0.05) is 16.3 Å². The van der Waals surface area contributed by atoms with Crippen LogP contribution in [0.1, 0.15) is 17.2 Å². The van der Waals surface area contributed by atoms with Gasteiger partial charge in [-0.3, -0.25) is 14.5 Å². The molecule has 3 aromatic rings. The Morgan fingerprint density at radius 1 is 0.931 bits per heavy atom. The lowest BCUT2D eigenvalue weighted by molar-refractivity contribution is -0.132. The molecule has 6 heteroatoms. The zero-order valence-corrected chi connectivity index (χ0v) is 15.8. The van der Waals surface area contributed by atoms with Crippen molar-refractivity contribution in [1.82, 2.24) is 0 Å². The summed E-state index contributed by atoms with van der Waals surface area (Å²) in [6, 6.07) is 19.7. The van der Waals surface area contributed by atoms with Gasteiger partial charge in [0.2, 0.25) is 0 Å². The molecule has 144 valence electrons. The molecule has 4 rings (SSSR count). The first-order valence-corrected chi connectivity index (χ1v) is 9.22. The first-order valence-electron chi connectivity index (χ1n) is 8.85. The van der Waals surface area contributed by atoms with Crippen LogP contribution >= 0.6 is 11.6 Å². The molecule has 1 aliphatic rings. The van der Waals surface area contributed by atoms with Crippen molar-refractivity contribution in [2.45, 2.75) is 6.04 Å². The summed E-state index contributed by atoms with van der Waals surface area (Å²) in [6.07, 6.45) is 0. The maximum absolute atomic E-state index is 13.4. The maximum atomic E-state index is 13.4. The lowest BCUT2D eigenvalue weighted by atomic mass is 9.95. The number of hydrogen-bond donors (Lipinski definition) is 1. The molecule has 0 aromatic heterocycles. The maximum Gasteiger partial charge on any atom is 0.300 e. The smallest absolute Gasteiger partial charge is 0.300 e. The quantitative estimate of drug-likeness (QED) is 0.373. The minimum Gasteiger partial charge on any atom is -0.507 e. The lowest BCUT2D eigenvalue weighted by Crippen LogP contribution is -2.29. The third-order valence-electron chi connectivity index (χ3n) is 4.76. The van der Waals surface area contributed by atoms with E-state index in [1.807, 2.05) is 6.07 Å². The van der Waals surface area contributed by atoms with Crippen molar-refractivity contribution in [3.63, 3.8) is 0 Å². The van der Waals surface area contributed by atoms with Crippen LogP contribution in [-0.4, -0.2) is 16.8 Å². The number of aliphatic hydroxyl groups is 1. The van der Waals surface area contributed by atoms with E-state index in [0.29, 0.717) is 21.8 Å². The van der Waals surface area contributed by atoms with Crippen LogP contribution in [0.4, 0.5) is 10.1 Å². The number of carbonyl (C=O) groups is 2. The van der Waals surface area contributed by atoms with E-state index < -0.39 is 23.5 Å². The fourth-order valence-corrected chi connectivity index (χ4v) is 3.63. The minimum atomic E-state index is -0.861. The number of rotatable bonds is 3. The Morgan fingerprint density at radius 2 is 1.62 bits per heavy atom. The summed E-state index contributed by atoms with van der Waals surface area (Å²) in [5, 5.41) is 11.3. The summed E-state index contributed by atoms with van der Waals surface area (Å²) in [7, 11) is 0. The molecule has 0 bridgehead atoms. The molecule has 1 N–H and O–H groups in total. The number of hydrogen-bond acceptors (Lipinski definition) is 3. The van der Waals surface area contributed by atoms with Gasteiger partial charge in [-0.05, 0) is 42.0 Å². The lowest BCUT2D eigenvalue weighted by Gasteiger charge is -2.25. The second-order valence-corrected chi connectivity index (χ2v) is 7.00. The van der Waals surface area contributed by atoms with Crippen molar-refractivity contribution in [3.05, 3.63) is 106 Å². The van der Waals surface area contributed by atoms with Gasteiger partial charge in [-0.1, -0.05) is 54.1 Å². The van der Waals surface area contributed by atoms with E-state index in [1.54, 1.807) is 42.5 Å². The monoisotopic (exact) mass is 407 g/mol. The molecule has 1 unspecified atom stereocenters. The Labute approximate surface area is 171 Å². The first kappa shape index (κ1) is 18.9. The van der Waals surface area contributed by atoms with Crippen molar-refractivity contribution < 1.29 is 19.1 Å². The number of benzene rings is 3. The number of anilines is 1. The van der Waals surface area contributed by atoms with Gasteiger partial charge in [-0.2, -0.15) is 0 Å². The molecule has 1 heterocycles. The Morgan fingerprint density at radius 3 is 2.28 bits per heavy atom. The van der Waals surface area contributed by atoms with Crippen molar-refractivity contribution >= 4 is 34.7 Å². The molecule has 1 amide bonds. The van der Waals surface area contributed by atoms with Gasteiger partial charge < -0.3 is 5.11 Å². The van der Waals surface area contributed by atoms with Crippen LogP contribution < -0.4 is 4.90 Å². The van der Waals surface area contributed by atoms with E-state index in [1.165, 1.54) is 35.2 Å². The molecule has 1 aliphatic heterocycles. The van der Waals surface area contributed by atoms with Crippen LogP contribution in [-0.2, 0) is 9.59 Å². The summed E-state index contributed by atoms with van der Waals surface area (Å²) in [4.78, 5) is 27.1. The summed E-state index contributed by atoms with van der Waals surface area (Å²) >= 11 is 6.02. The van der Waals surface area contributed by atoms with E-state index in [2.05, 4.69) is 0 Å². The third-order valence-corrected chi connectivity index (χ3v) is 5.00. The molecule has 4 nitrogen and oxygen atoms in total. The molecule has 0 radical (unpaired) electrons. The molecule has 0 spiro atoms. The summed E-state index contributed by atoms with van der Waals surface area (Å²) < 4.78 is 13.4. The standard InChI is InChI=1S/C23H15ClFNO3/c24-16-8-4-7-15(13-16)21(27)19-20(14-5-2-1-3-6-14)26(23(29)22(19)28)18-11-9-17(25)10-12-18/h1-13,20,27H/b21-19-. The molecular formula is C23H15ClFNO3. The van der Waals surface area contributed by atoms with Crippen LogP contribution in [0.3, 0.4) is 0 Å². The average molecular weight is 408 g/mol. The molecule has 1 saturated heterocycles. The van der Waals surface area contributed by atoms with E-state index in [9.17, 15) is 19.1 Å². The SMILES string of the molecule is O=C1C(=O)N(c2ccc(F)cc2)C(c2ccccc2)/C1=C(/O)c1cccc(Cl)c1. The summed E-state index contributed by atoms with van der Waals surface area (Å²) in [6.45, 7) is 0. The Bertz CT molecular complexity index is 1130. The second-order valence-electron chi connectivity index (χ2n) is 6.57. The average Bonchev–Trinajstić information content (AvgIpc) is 3.00. The van der Waals surface area contributed by atoms with Crippen molar-refractivity contribution in [2.24, 2.45) is 0 Å². The highest BCUT2D eigenvalue weighted by molar-refractivity contribution is 6.51. The van der Waals surface area contributed by atoms with Crippen molar-refractivity contribution in [1.29, 1.82) is 0 Å². The third kappa shape index (κ3) is 3.41. The van der Waals surface area contributed by atoms with E-state index in [4.69, 9.17) is 11.6 Å². The van der Waals surface area contributed by atoms with Gasteiger partial charge in [0.15, 0.2) is 0 Å². The first-order chi connectivity index (χ1) is 14.0. The van der Waals surface area contributed by atoms with Gasteiger partial charge in [0.05, 0.1) is 11.6 Å². The molecule has 0 aliphatic carbocycles. The van der Waals surface area contributed by atoms with Gasteiger partial charge >= 0.3 is 0 Å². The number of ketones is 1. The molecule has 1 atom stereocenters. The number of nitrogens with zero attached hydrogens (tertiary/aromatic N) is 1. The Balaban J connectivity index is 1.94.